The van der Waals surface area contributed by atoms with Crippen molar-refractivity contribution in [3.63, 3.8) is 0 Å². The maximum Gasteiger partial charge on any atom is 0.417 e. The topological polar surface area (TPSA) is 95.5 Å². The molecule has 1 unspecified atom stereocenters. The third-order valence-corrected chi connectivity index (χ3v) is 5.66. The molecule has 0 spiro atoms. The van der Waals surface area contributed by atoms with Gasteiger partial charge in [-0.1, -0.05) is 41.9 Å². The van der Waals surface area contributed by atoms with Crippen LogP contribution in [0.25, 0.3) is 0 Å². The number of aliphatic hydroxyl groups excluding tert-OH is 1. The van der Waals surface area contributed by atoms with E-state index in [0.717, 1.165) is 12.1 Å². The van der Waals surface area contributed by atoms with Crippen LogP contribution in [0, 0.1) is 0 Å². The number of aliphatic hydroxyl groups is 1. The number of alkyl halides is 3. The predicted octanol–water partition coefficient (Wildman–Crippen LogP) is 2.88. The Morgan fingerprint density at radius 3 is 2.41 bits per heavy atom. The van der Waals surface area contributed by atoms with Gasteiger partial charge in [-0.25, -0.2) is 13.1 Å². The fourth-order valence-corrected chi connectivity index (χ4v) is 3.65. The van der Waals surface area contributed by atoms with Crippen molar-refractivity contribution >= 4 is 27.5 Å². The summed E-state index contributed by atoms with van der Waals surface area (Å²) < 4.78 is 65.0. The lowest BCUT2D eigenvalue weighted by molar-refractivity contribution is -0.137. The van der Waals surface area contributed by atoms with Crippen molar-refractivity contribution in [2.45, 2.75) is 23.6 Å². The molecule has 0 saturated heterocycles. The fraction of sp³-hybridized carbons (Fsp3) is 0.278. The van der Waals surface area contributed by atoms with Crippen LogP contribution in [-0.4, -0.2) is 32.5 Å². The Balaban J connectivity index is 1.88. The largest absolute Gasteiger partial charge is 0.417 e. The molecule has 2 aromatic carbocycles. The van der Waals surface area contributed by atoms with Crippen molar-refractivity contribution in [2.24, 2.45) is 0 Å². The van der Waals surface area contributed by atoms with Crippen molar-refractivity contribution in [2.75, 3.05) is 13.1 Å². The van der Waals surface area contributed by atoms with E-state index >= 15 is 0 Å². The summed E-state index contributed by atoms with van der Waals surface area (Å²) in [6, 6.07) is 10.8. The summed E-state index contributed by atoms with van der Waals surface area (Å²) in [4.78, 5) is 11.2. The van der Waals surface area contributed by atoms with Crippen LogP contribution in [-0.2, 0) is 21.0 Å². The van der Waals surface area contributed by atoms with Crippen molar-refractivity contribution in [1.82, 2.24) is 10.0 Å². The lowest BCUT2D eigenvalue weighted by atomic mass is 10.1. The summed E-state index contributed by atoms with van der Waals surface area (Å²) in [6.07, 6.45) is -5.99. The summed E-state index contributed by atoms with van der Waals surface area (Å²) in [5.41, 5.74) is -0.661. The number of hydrogen-bond acceptors (Lipinski definition) is 4. The van der Waals surface area contributed by atoms with Crippen LogP contribution in [0.4, 0.5) is 13.2 Å². The standard InChI is InChI=1S/C18H18ClF3N2O4S/c19-15-7-6-13(10-14(15)18(20,21)22)29(27,28)24-9-8-17(26)23-11-16(25)12-4-2-1-3-5-12/h1-7,10,16,24-25H,8-9,11H2,(H,23,26). The van der Waals surface area contributed by atoms with E-state index in [1.165, 1.54) is 0 Å². The second-order valence-corrected chi connectivity index (χ2v) is 8.19. The fourth-order valence-electron chi connectivity index (χ4n) is 2.36. The van der Waals surface area contributed by atoms with Crippen molar-refractivity contribution in [3.05, 3.63) is 64.7 Å². The molecular weight excluding hydrogens is 433 g/mol. The van der Waals surface area contributed by atoms with E-state index in [-0.39, 0.29) is 19.5 Å². The van der Waals surface area contributed by atoms with Gasteiger partial charge in [0.2, 0.25) is 15.9 Å². The average Bonchev–Trinajstić information content (AvgIpc) is 2.66. The van der Waals surface area contributed by atoms with Crippen molar-refractivity contribution < 1.29 is 31.5 Å². The van der Waals surface area contributed by atoms with Crippen LogP contribution in [0.5, 0.6) is 0 Å². The van der Waals surface area contributed by atoms with Gasteiger partial charge >= 0.3 is 6.18 Å². The third kappa shape index (κ3) is 6.70. The number of hydrogen-bond donors (Lipinski definition) is 3. The maximum absolute atomic E-state index is 12.9. The first kappa shape index (κ1) is 23.1. The third-order valence-electron chi connectivity index (χ3n) is 3.87. The molecule has 6 nitrogen and oxygen atoms in total. The molecule has 0 fully saturated rings. The molecule has 2 aromatic rings. The molecule has 29 heavy (non-hydrogen) atoms. The van der Waals surface area contributed by atoms with Crippen LogP contribution in [0.15, 0.2) is 53.4 Å². The lowest BCUT2D eigenvalue weighted by Crippen LogP contribution is -2.33. The van der Waals surface area contributed by atoms with Gasteiger partial charge in [-0.15, -0.1) is 0 Å². The van der Waals surface area contributed by atoms with Gasteiger partial charge in [-0.05, 0) is 23.8 Å². The van der Waals surface area contributed by atoms with Gasteiger partial charge in [-0.2, -0.15) is 13.2 Å². The Labute approximate surface area is 170 Å². The first-order chi connectivity index (χ1) is 13.5. The minimum Gasteiger partial charge on any atom is -0.387 e. The molecule has 0 radical (unpaired) electrons. The quantitative estimate of drug-likeness (QED) is 0.576. The van der Waals surface area contributed by atoms with Crippen LogP contribution in [0.3, 0.4) is 0 Å². The summed E-state index contributed by atoms with van der Waals surface area (Å²) in [6.45, 7) is -0.401. The lowest BCUT2D eigenvalue weighted by Gasteiger charge is -2.13. The normalized spacial score (nSPS) is 13.1. The molecule has 0 aliphatic rings. The van der Waals surface area contributed by atoms with Gasteiger partial charge in [0.05, 0.1) is 21.6 Å². The number of benzene rings is 2. The highest BCUT2D eigenvalue weighted by molar-refractivity contribution is 7.89. The number of rotatable bonds is 8. The molecule has 3 N–H and O–H groups in total. The van der Waals surface area contributed by atoms with E-state index in [9.17, 15) is 31.5 Å². The molecule has 0 aromatic heterocycles. The van der Waals surface area contributed by atoms with E-state index in [4.69, 9.17) is 11.6 Å². The number of sulfonamides is 1. The van der Waals surface area contributed by atoms with Crippen LogP contribution in [0.1, 0.15) is 23.7 Å². The van der Waals surface area contributed by atoms with Crippen LogP contribution in [0.2, 0.25) is 5.02 Å². The van der Waals surface area contributed by atoms with Gasteiger partial charge in [0.1, 0.15) is 0 Å². The zero-order chi connectivity index (χ0) is 21.7. The SMILES string of the molecule is O=C(CCNS(=O)(=O)c1ccc(Cl)c(C(F)(F)F)c1)NCC(O)c1ccccc1. The zero-order valence-electron chi connectivity index (χ0n) is 14.9. The first-order valence-corrected chi connectivity index (χ1v) is 10.2. The van der Waals surface area contributed by atoms with E-state index in [0.29, 0.717) is 11.6 Å². The van der Waals surface area contributed by atoms with Gasteiger partial charge in [0, 0.05) is 19.5 Å². The number of amides is 1. The Morgan fingerprint density at radius 2 is 1.79 bits per heavy atom. The number of nitrogens with one attached hydrogen (secondary N) is 2. The second-order valence-electron chi connectivity index (χ2n) is 6.02. The zero-order valence-corrected chi connectivity index (χ0v) is 16.5. The molecule has 1 atom stereocenters. The predicted molar refractivity (Wildman–Crippen MR) is 101 cm³/mol. The number of carbonyl (C=O) groups is 1. The molecule has 0 heterocycles. The number of halogens is 4. The summed E-state index contributed by atoms with van der Waals surface area (Å²) in [5, 5.41) is 11.8. The van der Waals surface area contributed by atoms with Gasteiger partial charge < -0.3 is 10.4 Å². The molecule has 0 aliphatic heterocycles. The molecule has 2 rings (SSSR count). The average molecular weight is 451 g/mol. The van der Waals surface area contributed by atoms with Crippen LogP contribution >= 0.6 is 11.6 Å². The molecule has 1 amide bonds. The Hall–Kier alpha value is -2.14. The highest BCUT2D eigenvalue weighted by atomic mass is 35.5. The summed E-state index contributed by atoms with van der Waals surface area (Å²) in [7, 11) is -4.27. The highest BCUT2D eigenvalue weighted by Crippen LogP contribution is 2.35. The molecule has 0 saturated carbocycles. The van der Waals surface area contributed by atoms with E-state index in [1.807, 2.05) is 0 Å². The number of carbonyl (C=O) groups excluding carboxylic acids is 1. The minimum atomic E-state index is -4.80. The molecule has 158 valence electrons. The molecular formula is C18H18ClF3N2O4S. The van der Waals surface area contributed by atoms with E-state index in [1.54, 1.807) is 30.3 Å². The molecule has 0 bridgehead atoms. The van der Waals surface area contributed by atoms with Crippen LogP contribution < -0.4 is 10.0 Å². The summed E-state index contributed by atoms with van der Waals surface area (Å²) >= 11 is 5.47. The first-order valence-electron chi connectivity index (χ1n) is 8.37. The molecule has 11 heteroatoms. The van der Waals surface area contributed by atoms with E-state index in [2.05, 4.69) is 10.0 Å². The maximum atomic E-state index is 12.9. The Kier molecular flexibility index (Phi) is 7.64. The van der Waals surface area contributed by atoms with Crippen molar-refractivity contribution in [1.29, 1.82) is 0 Å². The monoisotopic (exact) mass is 450 g/mol. The highest BCUT2D eigenvalue weighted by Gasteiger charge is 2.34. The van der Waals surface area contributed by atoms with Gasteiger partial charge in [0.15, 0.2) is 0 Å². The summed E-state index contributed by atoms with van der Waals surface area (Å²) in [5.74, 6) is -0.533. The van der Waals surface area contributed by atoms with Gasteiger partial charge in [0.25, 0.3) is 0 Å². The minimum absolute atomic E-state index is 0.0677. The second kappa shape index (κ2) is 9.57. The smallest absolute Gasteiger partial charge is 0.387 e. The Morgan fingerprint density at radius 1 is 1.14 bits per heavy atom. The van der Waals surface area contributed by atoms with Crippen molar-refractivity contribution in [3.8, 4) is 0 Å². The Bertz CT molecular complexity index is 953. The molecule has 0 aliphatic carbocycles. The van der Waals surface area contributed by atoms with E-state index < -0.39 is 43.7 Å². The van der Waals surface area contributed by atoms with Gasteiger partial charge in [-0.3, -0.25) is 4.79 Å².